The van der Waals surface area contributed by atoms with E-state index in [0.29, 0.717) is 18.2 Å². The molecule has 0 saturated carbocycles. The van der Waals surface area contributed by atoms with E-state index in [-0.39, 0.29) is 23.5 Å². The number of alkyl halides is 9. The highest BCUT2D eigenvalue weighted by Gasteiger charge is 2.38. The number of benzene rings is 2. The summed E-state index contributed by atoms with van der Waals surface area (Å²) in [5, 5.41) is 0. The molecule has 2 N–H and O–H groups in total. The second kappa shape index (κ2) is 6.60. The molecule has 0 spiro atoms. The number of hydrogen-bond donors (Lipinski definition) is 1. The van der Waals surface area contributed by atoms with E-state index < -0.39 is 45.0 Å². The second-order valence-electron chi connectivity index (χ2n) is 5.10. The highest BCUT2D eigenvalue weighted by atomic mass is 32.2. The van der Waals surface area contributed by atoms with Gasteiger partial charge in [0.25, 0.3) is 0 Å². The minimum atomic E-state index is -5.09. The third-order valence-electron chi connectivity index (χ3n) is 3.10. The first-order valence-electron chi connectivity index (χ1n) is 6.62. The maximum Gasteiger partial charge on any atom is 0.417 e. The van der Waals surface area contributed by atoms with Gasteiger partial charge >= 0.3 is 18.5 Å². The highest BCUT2D eigenvalue weighted by molar-refractivity contribution is 7.99. The number of rotatable bonds is 2. The first-order chi connectivity index (χ1) is 11.7. The van der Waals surface area contributed by atoms with Gasteiger partial charge in [0.2, 0.25) is 0 Å². The lowest BCUT2D eigenvalue weighted by Gasteiger charge is -2.16. The fourth-order valence-electron chi connectivity index (χ4n) is 1.97. The Kier molecular flexibility index (Phi) is 5.15. The van der Waals surface area contributed by atoms with Crippen molar-refractivity contribution in [2.24, 2.45) is 0 Å². The van der Waals surface area contributed by atoms with Crippen molar-refractivity contribution in [3.63, 3.8) is 0 Å². The largest absolute Gasteiger partial charge is 0.417 e. The van der Waals surface area contributed by atoms with Crippen LogP contribution in [0.15, 0.2) is 46.2 Å². The van der Waals surface area contributed by atoms with Crippen molar-refractivity contribution in [2.45, 2.75) is 28.3 Å². The summed E-state index contributed by atoms with van der Waals surface area (Å²) in [6.45, 7) is 0. The molecular formula is C15H8F9NS. The third kappa shape index (κ3) is 4.77. The van der Waals surface area contributed by atoms with Crippen LogP contribution in [0.4, 0.5) is 45.2 Å². The van der Waals surface area contributed by atoms with Gasteiger partial charge in [-0.25, -0.2) is 0 Å². The van der Waals surface area contributed by atoms with Crippen LogP contribution in [0, 0.1) is 0 Å². The molecule has 0 atom stereocenters. The van der Waals surface area contributed by atoms with Crippen LogP contribution in [-0.2, 0) is 18.5 Å². The summed E-state index contributed by atoms with van der Waals surface area (Å²) in [4.78, 5) is -1.21. The van der Waals surface area contributed by atoms with Crippen LogP contribution in [0.2, 0.25) is 0 Å². The zero-order valence-electron chi connectivity index (χ0n) is 12.4. The maximum atomic E-state index is 13.0. The van der Waals surface area contributed by atoms with Gasteiger partial charge in [0.1, 0.15) is 0 Å². The summed E-state index contributed by atoms with van der Waals surface area (Å²) in [7, 11) is 0. The van der Waals surface area contributed by atoms with Crippen LogP contribution in [0.3, 0.4) is 0 Å². The van der Waals surface area contributed by atoms with E-state index in [1.807, 2.05) is 0 Å². The summed E-state index contributed by atoms with van der Waals surface area (Å²) in [5.74, 6) is 0. The van der Waals surface area contributed by atoms with Crippen molar-refractivity contribution in [1.82, 2.24) is 0 Å². The van der Waals surface area contributed by atoms with Crippen LogP contribution in [0.5, 0.6) is 0 Å². The summed E-state index contributed by atoms with van der Waals surface area (Å²) in [6.07, 6.45) is -15.1. The molecular weight excluding hydrogens is 397 g/mol. The Hall–Kier alpha value is -2.04. The molecule has 0 unspecified atom stereocenters. The number of halogens is 9. The lowest BCUT2D eigenvalue weighted by atomic mass is 10.1. The lowest BCUT2D eigenvalue weighted by molar-refractivity contribution is -0.143. The van der Waals surface area contributed by atoms with Crippen molar-refractivity contribution >= 4 is 17.4 Å². The quantitative estimate of drug-likeness (QED) is 0.457. The van der Waals surface area contributed by atoms with Crippen LogP contribution >= 0.6 is 11.8 Å². The first-order valence-corrected chi connectivity index (χ1v) is 7.43. The van der Waals surface area contributed by atoms with Crippen LogP contribution in [0.1, 0.15) is 16.7 Å². The van der Waals surface area contributed by atoms with E-state index in [9.17, 15) is 39.5 Å². The number of nitrogen functional groups attached to an aromatic ring is 1. The van der Waals surface area contributed by atoms with Crippen molar-refractivity contribution in [3.8, 4) is 0 Å². The number of hydrogen-bond acceptors (Lipinski definition) is 2. The summed E-state index contributed by atoms with van der Waals surface area (Å²) < 4.78 is 116. The zero-order chi connectivity index (χ0) is 19.9. The summed E-state index contributed by atoms with van der Waals surface area (Å²) in [6, 6.07) is 3.12. The Morgan fingerprint density at radius 2 is 1.15 bits per heavy atom. The lowest BCUT2D eigenvalue weighted by Crippen LogP contribution is -2.11. The monoisotopic (exact) mass is 405 g/mol. The molecule has 0 aromatic heterocycles. The Labute approximate surface area is 145 Å². The van der Waals surface area contributed by atoms with Gasteiger partial charge in [-0.15, -0.1) is 0 Å². The van der Waals surface area contributed by atoms with Crippen LogP contribution < -0.4 is 5.73 Å². The van der Waals surface area contributed by atoms with Gasteiger partial charge in [-0.1, -0.05) is 11.8 Å². The molecule has 0 aliphatic rings. The van der Waals surface area contributed by atoms with Gasteiger partial charge in [-0.05, 0) is 36.4 Å². The average Bonchev–Trinajstić information content (AvgIpc) is 2.46. The van der Waals surface area contributed by atoms with Gasteiger partial charge in [-0.2, -0.15) is 39.5 Å². The number of anilines is 1. The van der Waals surface area contributed by atoms with Gasteiger partial charge in [0, 0.05) is 15.5 Å². The average molecular weight is 405 g/mol. The highest BCUT2D eigenvalue weighted by Crippen LogP contribution is 2.43. The minimum Gasteiger partial charge on any atom is -0.399 e. The molecule has 0 saturated heterocycles. The fraction of sp³-hybridized carbons (Fsp3) is 0.200. The second-order valence-corrected chi connectivity index (χ2v) is 6.21. The number of nitrogens with two attached hydrogens (primary N) is 1. The van der Waals surface area contributed by atoms with Gasteiger partial charge in [0.05, 0.1) is 16.7 Å². The molecule has 11 heteroatoms. The molecule has 0 bridgehead atoms. The van der Waals surface area contributed by atoms with Gasteiger partial charge in [-0.3, -0.25) is 0 Å². The maximum absolute atomic E-state index is 13.0. The minimum absolute atomic E-state index is 0.0995. The third-order valence-corrected chi connectivity index (χ3v) is 4.15. The van der Waals surface area contributed by atoms with E-state index in [1.54, 1.807) is 0 Å². The molecule has 0 radical (unpaired) electrons. The van der Waals surface area contributed by atoms with Gasteiger partial charge < -0.3 is 5.73 Å². The standard InChI is InChI=1S/C15H8F9NS/c16-13(17,18)7-3-8(14(19,20)21)5-10(4-7)26-12-2-1-9(25)6-11(12)15(22,23)24/h1-6H,25H2. The smallest absolute Gasteiger partial charge is 0.399 e. The van der Waals surface area contributed by atoms with E-state index in [0.717, 1.165) is 12.1 Å². The molecule has 0 fully saturated rings. The first kappa shape index (κ1) is 20.3. The Balaban J connectivity index is 2.57. The van der Waals surface area contributed by atoms with E-state index in [2.05, 4.69) is 0 Å². The van der Waals surface area contributed by atoms with E-state index in [1.165, 1.54) is 0 Å². The Morgan fingerprint density at radius 1 is 0.654 bits per heavy atom. The van der Waals surface area contributed by atoms with Crippen molar-refractivity contribution in [1.29, 1.82) is 0 Å². The van der Waals surface area contributed by atoms with Crippen molar-refractivity contribution in [2.75, 3.05) is 5.73 Å². The summed E-state index contributed by atoms with van der Waals surface area (Å²) >= 11 is 0.135. The van der Waals surface area contributed by atoms with Gasteiger partial charge in [0.15, 0.2) is 0 Å². The van der Waals surface area contributed by atoms with Crippen molar-refractivity contribution in [3.05, 3.63) is 53.1 Å². The molecule has 0 aliphatic heterocycles. The SMILES string of the molecule is Nc1ccc(Sc2cc(C(F)(F)F)cc(C(F)(F)F)c2)c(C(F)(F)F)c1. The van der Waals surface area contributed by atoms with Crippen LogP contribution in [0.25, 0.3) is 0 Å². The topological polar surface area (TPSA) is 26.0 Å². The van der Waals surface area contributed by atoms with Crippen LogP contribution in [-0.4, -0.2) is 0 Å². The molecule has 2 aromatic rings. The molecule has 26 heavy (non-hydrogen) atoms. The Morgan fingerprint density at radius 3 is 1.58 bits per heavy atom. The Bertz CT molecular complexity index is 774. The summed E-state index contributed by atoms with van der Waals surface area (Å²) in [5.41, 5.74) is 0.544. The predicted octanol–water partition coefficient (Wildman–Crippen LogP) is 6.48. The predicted molar refractivity (Wildman–Crippen MR) is 76.4 cm³/mol. The molecule has 2 rings (SSSR count). The fourth-order valence-corrected chi connectivity index (χ4v) is 3.02. The molecule has 2 aromatic carbocycles. The molecule has 1 nitrogen and oxygen atoms in total. The molecule has 0 heterocycles. The molecule has 0 amide bonds. The van der Waals surface area contributed by atoms with E-state index >= 15 is 0 Å². The van der Waals surface area contributed by atoms with E-state index in [4.69, 9.17) is 5.73 Å². The molecule has 142 valence electrons. The molecule has 0 aliphatic carbocycles. The van der Waals surface area contributed by atoms with Crippen molar-refractivity contribution < 1.29 is 39.5 Å². The normalized spacial score (nSPS) is 13.1. The zero-order valence-corrected chi connectivity index (χ0v) is 13.2.